The number of nitrogens with one attached hydrogen (secondary N) is 1. The van der Waals surface area contributed by atoms with Gasteiger partial charge in [-0.2, -0.15) is 0 Å². The quantitative estimate of drug-likeness (QED) is 0.572. The molecule has 0 radical (unpaired) electrons. The molecule has 0 unspecified atom stereocenters. The van der Waals surface area contributed by atoms with Crippen molar-refractivity contribution in [2.24, 2.45) is 0 Å². The molecule has 0 spiro atoms. The molecule has 0 aromatic heterocycles. The van der Waals surface area contributed by atoms with Gasteiger partial charge in [-0.1, -0.05) is 54.1 Å². The maximum atomic E-state index is 12.6. The topological polar surface area (TPSA) is 69.7 Å². The second-order valence-corrected chi connectivity index (χ2v) is 10.1. The van der Waals surface area contributed by atoms with E-state index in [1.54, 1.807) is 18.2 Å². The van der Waals surface area contributed by atoms with Gasteiger partial charge in [-0.25, -0.2) is 13.1 Å². The second kappa shape index (κ2) is 10.0. The van der Waals surface area contributed by atoms with Gasteiger partial charge in [-0.15, -0.1) is 0 Å². The molecule has 0 bridgehead atoms. The summed E-state index contributed by atoms with van der Waals surface area (Å²) in [4.78, 5) is 16.9. The van der Waals surface area contributed by atoms with Crippen LogP contribution >= 0.6 is 11.6 Å². The fourth-order valence-electron chi connectivity index (χ4n) is 3.87. The number of sulfonamides is 1. The highest BCUT2D eigenvalue weighted by atomic mass is 35.5. The zero-order valence-electron chi connectivity index (χ0n) is 17.7. The Morgan fingerprint density at radius 1 is 0.906 bits per heavy atom. The zero-order chi connectivity index (χ0) is 22.6. The van der Waals surface area contributed by atoms with Crippen LogP contribution in [0.1, 0.15) is 12.0 Å². The highest BCUT2D eigenvalue weighted by Crippen LogP contribution is 2.19. The van der Waals surface area contributed by atoms with Crippen LogP contribution in [0.5, 0.6) is 0 Å². The molecule has 0 aliphatic carbocycles. The Bertz CT molecular complexity index is 1190. The summed E-state index contributed by atoms with van der Waals surface area (Å²) in [5.41, 5.74) is 1.19. The molecule has 1 aliphatic rings. The Hall–Kier alpha value is -2.45. The standard InChI is InChI=1S/C24H26ClN3O3S/c25-22-8-5-19(6-9-22)18-27-13-15-28(16-14-27)24(29)11-12-26-32(30,31)23-10-7-20-3-1-2-4-21(20)17-23/h1-10,17,26H,11-16,18H2. The van der Waals surface area contributed by atoms with Gasteiger partial charge in [-0.05, 0) is 40.6 Å². The maximum absolute atomic E-state index is 12.6. The summed E-state index contributed by atoms with van der Waals surface area (Å²) in [5.74, 6) is -0.0302. The van der Waals surface area contributed by atoms with Crippen LogP contribution in [-0.4, -0.2) is 56.8 Å². The molecule has 1 N–H and O–H groups in total. The first-order valence-corrected chi connectivity index (χ1v) is 12.5. The van der Waals surface area contributed by atoms with Crippen LogP contribution in [0.2, 0.25) is 5.02 Å². The van der Waals surface area contributed by atoms with E-state index in [1.807, 2.05) is 53.4 Å². The van der Waals surface area contributed by atoms with E-state index >= 15 is 0 Å². The molecular weight excluding hydrogens is 446 g/mol. The van der Waals surface area contributed by atoms with Gasteiger partial charge in [0.1, 0.15) is 0 Å². The Morgan fingerprint density at radius 2 is 1.59 bits per heavy atom. The minimum atomic E-state index is -3.66. The second-order valence-electron chi connectivity index (χ2n) is 7.94. The number of nitrogens with zero attached hydrogens (tertiary/aromatic N) is 2. The number of carbonyl (C=O) groups excluding carboxylic acids is 1. The summed E-state index contributed by atoms with van der Waals surface area (Å²) >= 11 is 5.94. The number of piperazine rings is 1. The van der Waals surface area contributed by atoms with E-state index in [2.05, 4.69) is 9.62 Å². The Morgan fingerprint density at radius 3 is 2.31 bits per heavy atom. The smallest absolute Gasteiger partial charge is 0.240 e. The van der Waals surface area contributed by atoms with Crippen molar-refractivity contribution in [1.82, 2.24) is 14.5 Å². The van der Waals surface area contributed by atoms with Gasteiger partial charge in [0.25, 0.3) is 0 Å². The molecular formula is C24H26ClN3O3S. The Kier molecular flexibility index (Phi) is 7.10. The van der Waals surface area contributed by atoms with E-state index in [4.69, 9.17) is 11.6 Å². The van der Waals surface area contributed by atoms with Crippen LogP contribution in [0.25, 0.3) is 10.8 Å². The molecule has 1 amide bonds. The monoisotopic (exact) mass is 471 g/mol. The molecule has 32 heavy (non-hydrogen) atoms. The Balaban J connectivity index is 1.24. The normalized spacial score (nSPS) is 15.2. The molecule has 1 saturated heterocycles. The Labute approximate surface area is 193 Å². The number of rotatable bonds is 7. The lowest BCUT2D eigenvalue weighted by Crippen LogP contribution is -2.48. The largest absolute Gasteiger partial charge is 0.340 e. The fourth-order valence-corrected chi connectivity index (χ4v) is 5.06. The van der Waals surface area contributed by atoms with Crippen LogP contribution in [-0.2, 0) is 21.4 Å². The summed E-state index contributed by atoms with van der Waals surface area (Å²) in [6, 6.07) is 20.4. The van der Waals surface area contributed by atoms with E-state index in [-0.39, 0.29) is 23.8 Å². The van der Waals surface area contributed by atoms with Crippen molar-refractivity contribution >= 4 is 38.3 Å². The molecule has 6 nitrogen and oxygen atoms in total. The molecule has 168 valence electrons. The molecule has 0 atom stereocenters. The first-order chi connectivity index (χ1) is 15.4. The number of hydrogen-bond donors (Lipinski definition) is 1. The summed E-state index contributed by atoms with van der Waals surface area (Å²) in [5, 5.41) is 2.57. The van der Waals surface area contributed by atoms with Crippen LogP contribution in [0.4, 0.5) is 0 Å². The average Bonchev–Trinajstić information content (AvgIpc) is 2.80. The van der Waals surface area contributed by atoms with E-state index in [9.17, 15) is 13.2 Å². The van der Waals surface area contributed by atoms with Crippen molar-refractivity contribution in [3.05, 3.63) is 77.3 Å². The summed E-state index contributed by atoms with van der Waals surface area (Å²) in [6.45, 7) is 3.77. The fraction of sp³-hybridized carbons (Fsp3) is 0.292. The molecule has 8 heteroatoms. The number of amides is 1. The number of hydrogen-bond acceptors (Lipinski definition) is 4. The van der Waals surface area contributed by atoms with Gasteiger partial charge < -0.3 is 4.90 Å². The van der Waals surface area contributed by atoms with Gasteiger partial charge in [0.05, 0.1) is 4.90 Å². The number of carbonyl (C=O) groups is 1. The SMILES string of the molecule is O=C(CCNS(=O)(=O)c1ccc2ccccc2c1)N1CCN(Cc2ccc(Cl)cc2)CC1. The highest BCUT2D eigenvalue weighted by molar-refractivity contribution is 7.89. The first-order valence-electron chi connectivity index (χ1n) is 10.6. The molecule has 1 fully saturated rings. The minimum absolute atomic E-state index is 0.0302. The molecule has 1 aliphatic heterocycles. The highest BCUT2D eigenvalue weighted by Gasteiger charge is 2.22. The third kappa shape index (κ3) is 5.66. The van der Waals surface area contributed by atoms with Crippen molar-refractivity contribution in [3.8, 4) is 0 Å². The number of benzene rings is 3. The number of fused-ring (bicyclic) bond motifs is 1. The van der Waals surface area contributed by atoms with Gasteiger partial charge in [0, 0.05) is 50.7 Å². The van der Waals surface area contributed by atoms with Crippen LogP contribution in [0.3, 0.4) is 0 Å². The van der Waals surface area contributed by atoms with E-state index in [1.165, 1.54) is 5.56 Å². The van der Waals surface area contributed by atoms with Crippen LogP contribution in [0.15, 0.2) is 71.6 Å². The van der Waals surface area contributed by atoms with E-state index in [0.717, 1.165) is 35.4 Å². The van der Waals surface area contributed by atoms with Crippen molar-refractivity contribution in [2.45, 2.75) is 17.9 Å². The lowest BCUT2D eigenvalue weighted by Gasteiger charge is -2.34. The molecule has 0 saturated carbocycles. The predicted octanol–water partition coefficient (Wildman–Crippen LogP) is 3.51. The minimum Gasteiger partial charge on any atom is -0.340 e. The number of halogens is 1. The third-order valence-corrected chi connectivity index (χ3v) is 7.42. The van der Waals surface area contributed by atoms with Gasteiger partial charge in [0.2, 0.25) is 15.9 Å². The molecule has 3 aromatic carbocycles. The van der Waals surface area contributed by atoms with Crippen LogP contribution in [0, 0.1) is 0 Å². The lowest BCUT2D eigenvalue weighted by molar-refractivity contribution is -0.132. The van der Waals surface area contributed by atoms with Crippen LogP contribution < -0.4 is 4.72 Å². The molecule has 4 rings (SSSR count). The summed E-state index contributed by atoms with van der Waals surface area (Å²) in [7, 11) is -3.66. The predicted molar refractivity (Wildman–Crippen MR) is 127 cm³/mol. The molecule has 1 heterocycles. The van der Waals surface area contributed by atoms with Gasteiger partial charge >= 0.3 is 0 Å². The van der Waals surface area contributed by atoms with Gasteiger partial charge in [-0.3, -0.25) is 9.69 Å². The third-order valence-electron chi connectivity index (χ3n) is 5.71. The lowest BCUT2D eigenvalue weighted by atomic mass is 10.1. The summed E-state index contributed by atoms with van der Waals surface area (Å²) in [6.07, 6.45) is 0.143. The van der Waals surface area contributed by atoms with Crippen molar-refractivity contribution in [2.75, 3.05) is 32.7 Å². The maximum Gasteiger partial charge on any atom is 0.240 e. The van der Waals surface area contributed by atoms with Gasteiger partial charge in [0.15, 0.2) is 0 Å². The van der Waals surface area contributed by atoms with Crippen molar-refractivity contribution < 1.29 is 13.2 Å². The first kappa shape index (κ1) is 22.7. The van der Waals surface area contributed by atoms with Crippen molar-refractivity contribution in [3.63, 3.8) is 0 Å². The molecule has 3 aromatic rings. The average molecular weight is 472 g/mol. The zero-order valence-corrected chi connectivity index (χ0v) is 19.3. The van der Waals surface area contributed by atoms with Crippen molar-refractivity contribution in [1.29, 1.82) is 0 Å². The van der Waals surface area contributed by atoms with E-state index in [0.29, 0.717) is 13.1 Å². The van der Waals surface area contributed by atoms with E-state index < -0.39 is 10.0 Å². The summed E-state index contributed by atoms with van der Waals surface area (Å²) < 4.78 is 27.8.